The summed E-state index contributed by atoms with van der Waals surface area (Å²) in [6.07, 6.45) is 5.93. The standard InChI is InChI=1S/C17H26N4/c1-5-7-16-19-8-9-21(16)17-11-14(12-18-6-2)10-15(20-17)13(3)4/h8-11,13,18H,5-7,12H2,1-4H3. The van der Waals surface area contributed by atoms with Gasteiger partial charge in [0.05, 0.1) is 0 Å². The van der Waals surface area contributed by atoms with E-state index in [4.69, 9.17) is 4.98 Å². The van der Waals surface area contributed by atoms with Crippen molar-refractivity contribution in [2.75, 3.05) is 6.54 Å². The Morgan fingerprint density at radius 1 is 1.24 bits per heavy atom. The van der Waals surface area contributed by atoms with Gasteiger partial charge in [0.1, 0.15) is 11.6 Å². The van der Waals surface area contributed by atoms with E-state index in [1.54, 1.807) is 0 Å². The molecule has 1 N–H and O–H groups in total. The molecule has 0 unspecified atom stereocenters. The maximum Gasteiger partial charge on any atom is 0.138 e. The molecule has 0 atom stereocenters. The van der Waals surface area contributed by atoms with E-state index < -0.39 is 0 Å². The second kappa shape index (κ2) is 7.36. The number of aromatic nitrogens is 3. The van der Waals surface area contributed by atoms with Crippen LogP contribution in [-0.4, -0.2) is 21.1 Å². The van der Waals surface area contributed by atoms with Gasteiger partial charge in [-0.15, -0.1) is 0 Å². The molecule has 0 aliphatic heterocycles. The summed E-state index contributed by atoms with van der Waals surface area (Å²) in [5.74, 6) is 2.49. The summed E-state index contributed by atoms with van der Waals surface area (Å²) in [6.45, 7) is 10.5. The van der Waals surface area contributed by atoms with Crippen LogP contribution in [0, 0.1) is 0 Å². The number of imidazole rings is 1. The molecule has 0 aliphatic rings. The van der Waals surface area contributed by atoms with Crippen LogP contribution in [0.25, 0.3) is 5.82 Å². The molecule has 0 aromatic carbocycles. The van der Waals surface area contributed by atoms with Gasteiger partial charge in [-0.2, -0.15) is 0 Å². The van der Waals surface area contributed by atoms with E-state index in [1.165, 1.54) is 5.56 Å². The van der Waals surface area contributed by atoms with Gasteiger partial charge in [0.25, 0.3) is 0 Å². The summed E-state index contributed by atoms with van der Waals surface area (Å²) in [6, 6.07) is 4.36. The molecule has 0 amide bonds. The molecule has 0 fully saturated rings. The van der Waals surface area contributed by atoms with Crippen molar-refractivity contribution in [2.24, 2.45) is 0 Å². The van der Waals surface area contributed by atoms with Crippen molar-refractivity contribution in [3.8, 4) is 5.82 Å². The zero-order valence-corrected chi connectivity index (χ0v) is 13.6. The highest BCUT2D eigenvalue weighted by molar-refractivity contribution is 5.33. The zero-order chi connectivity index (χ0) is 15.2. The lowest BCUT2D eigenvalue weighted by molar-refractivity contribution is 0.715. The van der Waals surface area contributed by atoms with Crippen molar-refractivity contribution in [3.05, 3.63) is 41.6 Å². The Hall–Kier alpha value is -1.68. The minimum atomic E-state index is 0.420. The van der Waals surface area contributed by atoms with E-state index in [2.05, 4.69) is 54.7 Å². The summed E-state index contributed by atoms with van der Waals surface area (Å²) < 4.78 is 2.12. The molecule has 2 aromatic heterocycles. The average molecular weight is 286 g/mol. The van der Waals surface area contributed by atoms with Crippen LogP contribution in [0.5, 0.6) is 0 Å². The minimum absolute atomic E-state index is 0.420. The van der Waals surface area contributed by atoms with Gasteiger partial charge >= 0.3 is 0 Å². The van der Waals surface area contributed by atoms with Crippen LogP contribution in [0.15, 0.2) is 24.5 Å². The predicted octanol–water partition coefficient (Wildman–Crippen LogP) is 3.45. The molecule has 0 saturated carbocycles. The van der Waals surface area contributed by atoms with Gasteiger partial charge < -0.3 is 5.32 Å². The van der Waals surface area contributed by atoms with Gasteiger partial charge in [-0.25, -0.2) is 9.97 Å². The molecule has 0 radical (unpaired) electrons. The number of hydrogen-bond acceptors (Lipinski definition) is 3. The Balaban J connectivity index is 2.41. The predicted molar refractivity (Wildman–Crippen MR) is 86.8 cm³/mol. The first kappa shape index (κ1) is 15.7. The second-order valence-corrected chi connectivity index (χ2v) is 5.66. The van der Waals surface area contributed by atoms with E-state index in [0.29, 0.717) is 5.92 Å². The lowest BCUT2D eigenvalue weighted by Crippen LogP contribution is -2.14. The molecule has 0 saturated heterocycles. The lowest BCUT2D eigenvalue weighted by atomic mass is 10.1. The summed E-state index contributed by atoms with van der Waals surface area (Å²) in [5, 5.41) is 3.39. The van der Waals surface area contributed by atoms with Gasteiger partial charge in [0.2, 0.25) is 0 Å². The normalized spacial score (nSPS) is 11.3. The first-order valence-electron chi connectivity index (χ1n) is 7.89. The Morgan fingerprint density at radius 2 is 2.05 bits per heavy atom. The molecule has 2 aromatic rings. The van der Waals surface area contributed by atoms with E-state index >= 15 is 0 Å². The summed E-state index contributed by atoms with van der Waals surface area (Å²) >= 11 is 0. The van der Waals surface area contributed by atoms with Gasteiger partial charge in [-0.3, -0.25) is 4.57 Å². The van der Waals surface area contributed by atoms with E-state index in [9.17, 15) is 0 Å². The first-order valence-corrected chi connectivity index (χ1v) is 7.89. The van der Waals surface area contributed by atoms with Crippen molar-refractivity contribution in [3.63, 3.8) is 0 Å². The number of rotatable bonds is 7. The maximum absolute atomic E-state index is 4.82. The van der Waals surface area contributed by atoms with E-state index in [0.717, 1.165) is 43.3 Å². The van der Waals surface area contributed by atoms with Crippen LogP contribution in [0.1, 0.15) is 57.1 Å². The van der Waals surface area contributed by atoms with Crippen LogP contribution in [-0.2, 0) is 13.0 Å². The van der Waals surface area contributed by atoms with Crippen molar-refractivity contribution >= 4 is 0 Å². The fraction of sp³-hybridized carbons (Fsp3) is 0.529. The highest BCUT2D eigenvalue weighted by Gasteiger charge is 2.10. The Morgan fingerprint density at radius 3 is 2.71 bits per heavy atom. The Labute approximate surface area is 127 Å². The topological polar surface area (TPSA) is 42.7 Å². The van der Waals surface area contributed by atoms with Crippen LogP contribution < -0.4 is 5.32 Å². The van der Waals surface area contributed by atoms with E-state index in [1.807, 2.05) is 12.4 Å². The molecule has 114 valence electrons. The molecule has 0 aliphatic carbocycles. The van der Waals surface area contributed by atoms with Gasteiger partial charge in [-0.1, -0.05) is 27.7 Å². The molecular formula is C17H26N4. The number of aryl methyl sites for hydroxylation is 1. The first-order chi connectivity index (χ1) is 10.2. The molecule has 21 heavy (non-hydrogen) atoms. The summed E-state index contributed by atoms with van der Waals surface area (Å²) in [4.78, 5) is 9.28. The highest BCUT2D eigenvalue weighted by atomic mass is 15.1. The zero-order valence-electron chi connectivity index (χ0n) is 13.6. The number of pyridine rings is 1. The average Bonchev–Trinajstić information content (AvgIpc) is 2.93. The summed E-state index contributed by atoms with van der Waals surface area (Å²) in [5.41, 5.74) is 2.42. The third-order valence-corrected chi connectivity index (χ3v) is 3.50. The molecule has 0 bridgehead atoms. The third kappa shape index (κ3) is 3.91. The quantitative estimate of drug-likeness (QED) is 0.847. The largest absolute Gasteiger partial charge is 0.313 e. The van der Waals surface area contributed by atoms with Crippen LogP contribution in [0.2, 0.25) is 0 Å². The lowest BCUT2D eigenvalue weighted by Gasteiger charge is -2.13. The molecule has 2 rings (SSSR count). The molecule has 4 nitrogen and oxygen atoms in total. The van der Waals surface area contributed by atoms with Gasteiger partial charge in [0.15, 0.2) is 0 Å². The fourth-order valence-corrected chi connectivity index (χ4v) is 2.34. The number of nitrogens with zero attached hydrogens (tertiary/aromatic N) is 3. The number of nitrogens with one attached hydrogen (secondary N) is 1. The fourth-order valence-electron chi connectivity index (χ4n) is 2.34. The third-order valence-electron chi connectivity index (χ3n) is 3.50. The summed E-state index contributed by atoms with van der Waals surface area (Å²) in [7, 11) is 0. The molecule has 4 heteroatoms. The van der Waals surface area contributed by atoms with Crippen molar-refractivity contribution < 1.29 is 0 Å². The molecular weight excluding hydrogens is 260 g/mol. The van der Waals surface area contributed by atoms with Crippen LogP contribution >= 0.6 is 0 Å². The van der Waals surface area contributed by atoms with Gasteiger partial charge in [0, 0.05) is 31.1 Å². The monoisotopic (exact) mass is 286 g/mol. The van der Waals surface area contributed by atoms with Crippen molar-refractivity contribution in [1.82, 2.24) is 19.9 Å². The highest BCUT2D eigenvalue weighted by Crippen LogP contribution is 2.18. The second-order valence-electron chi connectivity index (χ2n) is 5.66. The molecule has 2 heterocycles. The SMILES string of the molecule is CCCc1nccn1-c1cc(CNCC)cc(C(C)C)n1. The Bertz CT molecular complexity index is 572. The maximum atomic E-state index is 4.82. The van der Waals surface area contributed by atoms with Crippen LogP contribution in [0.3, 0.4) is 0 Å². The smallest absolute Gasteiger partial charge is 0.138 e. The number of hydrogen-bond donors (Lipinski definition) is 1. The van der Waals surface area contributed by atoms with Crippen LogP contribution in [0.4, 0.5) is 0 Å². The molecule has 0 spiro atoms. The van der Waals surface area contributed by atoms with E-state index in [-0.39, 0.29) is 0 Å². The van der Waals surface area contributed by atoms with Crippen molar-refractivity contribution in [1.29, 1.82) is 0 Å². The minimum Gasteiger partial charge on any atom is -0.313 e. The Kier molecular flexibility index (Phi) is 5.51. The van der Waals surface area contributed by atoms with Gasteiger partial charge in [-0.05, 0) is 36.6 Å². The van der Waals surface area contributed by atoms with Crippen molar-refractivity contribution in [2.45, 2.75) is 53.0 Å².